The molecular formula is C26H24ClF6NO4S. The molecule has 13 heteroatoms. The van der Waals surface area contributed by atoms with Gasteiger partial charge in [0.1, 0.15) is 5.75 Å². The average Bonchev–Trinajstić information content (AvgIpc) is 3.67. The molecular weight excluding hydrogens is 572 g/mol. The second-order valence-corrected chi connectivity index (χ2v) is 12.1. The SMILES string of the molecule is Cc1ccc(C2=CC(=O)N(S(=O)(=O)C3CC3)C(c3ccc(OCCCC(F)(F)F)cc3Cl)(C(F)(F)F)C2)cc1. The molecule has 1 saturated carbocycles. The molecule has 1 unspecified atom stereocenters. The van der Waals surface area contributed by atoms with Gasteiger partial charge < -0.3 is 4.74 Å². The first-order valence-corrected chi connectivity index (χ1v) is 13.9. The van der Waals surface area contributed by atoms with Crippen molar-refractivity contribution in [2.24, 2.45) is 0 Å². The van der Waals surface area contributed by atoms with E-state index in [4.69, 9.17) is 16.3 Å². The molecule has 212 valence electrons. The maximum absolute atomic E-state index is 15.2. The van der Waals surface area contributed by atoms with Crippen molar-refractivity contribution in [1.82, 2.24) is 4.31 Å². The molecule has 1 aliphatic heterocycles. The van der Waals surface area contributed by atoms with Crippen LogP contribution in [0.2, 0.25) is 5.02 Å². The van der Waals surface area contributed by atoms with Crippen molar-refractivity contribution >= 4 is 33.1 Å². The smallest absolute Gasteiger partial charge is 0.417 e. The summed E-state index contributed by atoms with van der Waals surface area (Å²) in [6, 6.07) is 9.35. The van der Waals surface area contributed by atoms with E-state index in [-0.39, 0.29) is 41.5 Å². The molecule has 4 rings (SSSR count). The molecule has 0 aromatic heterocycles. The summed E-state index contributed by atoms with van der Waals surface area (Å²) in [6.07, 6.45) is -11.0. The predicted octanol–water partition coefficient (Wildman–Crippen LogP) is 6.94. The Balaban J connectivity index is 1.82. The number of aryl methyl sites for hydroxylation is 1. The van der Waals surface area contributed by atoms with Crippen molar-refractivity contribution in [2.45, 2.75) is 62.2 Å². The van der Waals surface area contributed by atoms with E-state index in [2.05, 4.69) is 0 Å². The highest BCUT2D eigenvalue weighted by molar-refractivity contribution is 7.90. The predicted molar refractivity (Wildman–Crippen MR) is 133 cm³/mol. The van der Waals surface area contributed by atoms with Crippen LogP contribution in [0.3, 0.4) is 0 Å². The largest absolute Gasteiger partial charge is 0.494 e. The molecule has 0 N–H and O–H groups in total. The zero-order valence-electron chi connectivity index (χ0n) is 20.6. The maximum atomic E-state index is 15.2. The lowest BCUT2D eigenvalue weighted by Crippen LogP contribution is -2.62. The summed E-state index contributed by atoms with van der Waals surface area (Å²) in [4.78, 5) is 13.3. The number of hydrogen-bond acceptors (Lipinski definition) is 4. The molecule has 1 atom stereocenters. The quantitative estimate of drug-likeness (QED) is 0.245. The molecule has 2 aromatic carbocycles. The average molecular weight is 596 g/mol. The summed E-state index contributed by atoms with van der Waals surface area (Å²) in [5.74, 6) is -1.44. The number of carbonyl (C=O) groups is 1. The zero-order valence-corrected chi connectivity index (χ0v) is 22.1. The van der Waals surface area contributed by atoms with E-state index in [9.17, 15) is 26.4 Å². The summed E-state index contributed by atoms with van der Waals surface area (Å²) < 4.78 is 115. The topological polar surface area (TPSA) is 63.7 Å². The lowest BCUT2D eigenvalue weighted by Gasteiger charge is -2.47. The van der Waals surface area contributed by atoms with Gasteiger partial charge in [0.25, 0.3) is 5.91 Å². The van der Waals surface area contributed by atoms with Crippen LogP contribution in [0, 0.1) is 6.92 Å². The lowest BCUT2D eigenvalue weighted by atomic mass is 9.78. The van der Waals surface area contributed by atoms with Crippen molar-refractivity contribution in [1.29, 1.82) is 0 Å². The summed E-state index contributed by atoms with van der Waals surface area (Å²) in [5, 5.41) is -1.68. The fraction of sp³-hybridized carbons (Fsp3) is 0.423. The van der Waals surface area contributed by atoms with Gasteiger partial charge in [-0.15, -0.1) is 0 Å². The van der Waals surface area contributed by atoms with E-state index in [1.165, 1.54) is 0 Å². The highest BCUT2D eigenvalue weighted by Gasteiger charge is 2.67. The number of halogens is 7. The summed E-state index contributed by atoms with van der Waals surface area (Å²) >= 11 is 6.30. The molecule has 1 aliphatic carbocycles. The van der Waals surface area contributed by atoms with E-state index in [0.717, 1.165) is 29.8 Å². The summed E-state index contributed by atoms with van der Waals surface area (Å²) in [6.45, 7) is 1.40. The third-order valence-corrected chi connectivity index (χ3v) is 9.27. The van der Waals surface area contributed by atoms with E-state index >= 15 is 13.2 Å². The highest BCUT2D eigenvalue weighted by Crippen LogP contribution is 2.56. The molecule has 39 heavy (non-hydrogen) atoms. The number of rotatable bonds is 8. The van der Waals surface area contributed by atoms with Crippen molar-refractivity contribution in [2.75, 3.05) is 6.61 Å². The van der Waals surface area contributed by atoms with Gasteiger partial charge in [0, 0.05) is 24.5 Å². The van der Waals surface area contributed by atoms with Gasteiger partial charge in [0.15, 0.2) is 5.54 Å². The van der Waals surface area contributed by atoms with E-state index in [0.29, 0.717) is 5.56 Å². The third-order valence-electron chi connectivity index (χ3n) is 6.64. The molecule has 1 fully saturated rings. The van der Waals surface area contributed by atoms with Crippen molar-refractivity contribution < 1.29 is 44.3 Å². The van der Waals surface area contributed by atoms with Crippen LogP contribution in [-0.2, 0) is 20.4 Å². The van der Waals surface area contributed by atoms with E-state index in [1.54, 1.807) is 31.2 Å². The monoisotopic (exact) mass is 595 g/mol. The van der Waals surface area contributed by atoms with Gasteiger partial charge in [-0.2, -0.15) is 26.3 Å². The van der Waals surface area contributed by atoms with Gasteiger partial charge >= 0.3 is 12.4 Å². The van der Waals surface area contributed by atoms with Gasteiger partial charge in [0.2, 0.25) is 10.0 Å². The van der Waals surface area contributed by atoms with E-state index in [1.807, 2.05) is 0 Å². The number of benzene rings is 2. The highest BCUT2D eigenvalue weighted by atomic mass is 35.5. The second-order valence-electron chi connectivity index (χ2n) is 9.63. The molecule has 2 aromatic rings. The Bertz CT molecular complexity index is 1380. The molecule has 0 bridgehead atoms. The van der Waals surface area contributed by atoms with Crippen LogP contribution in [0.15, 0.2) is 48.5 Å². The minimum absolute atomic E-state index is 0.0249. The first-order chi connectivity index (χ1) is 18.1. The normalized spacial score (nSPS) is 20.7. The number of ether oxygens (including phenoxy) is 1. The number of amides is 1. The molecule has 2 aliphatic rings. The van der Waals surface area contributed by atoms with E-state index < -0.39 is 62.5 Å². The van der Waals surface area contributed by atoms with Gasteiger partial charge in [0.05, 0.1) is 16.9 Å². The molecule has 0 saturated heterocycles. The zero-order chi connectivity index (χ0) is 28.8. The van der Waals surface area contributed by atoms with Gasteiger partial charge in [-0.05, 0) is 49.5 Å². The van der Waals surface area contributed by atoms with Crippen LogP contribution in [0.1, 0.15) is 48.8 Å². The van der Waals surface area contributed by atoms with Crippen LogP contribution in [0.5, 0.6) is 5.75 Å². The van der Waals surface area contributed by atoms with Gasteiger partial charge in [-0.1, -0.05) is 47.5 Å². The number of nitrogens with zero attached hydrogens (tertiary/aromatic N) is 1. The minimum atomic E-state index is -5.30. The lowest BCUT2D eigenvalue weighted by molar-refractivity contribution is -0.221. The minimum Gasteiger partial charge on any atom is -0.494 e. The van der Waals surface area contributed by atoms with Crippen LogP contribution in [0.25, 0.3) is 5.57 Å². The van der Waals surface area contributed by atoms with Crippen LogP contribution in [0.4, 0.5) is 26.3 Å². The summed E-state index contributed by atoms with van der Waals surface area (Å²) in [7, 11) is -4.72. The van der Waals surface area contributed by atoms with Crippen LogP contribution >= 0.6 is 11.6 Å². The van der Waals surface area contributed by atoms with Crippen molar-refractivity contribution in [3.63, 3.8) is 0 Å². The number of hydrogen-bond donors (Lipinski definition) is 0. The Morgan fingerprint density at radius 2 is 1.69 bits per heavy atom. The Hall–Kier alpha value is -2.73. The Morgan fingerprint density at radius 1 is 1.05 bits per heavy atom. The van der Waals surface area contributed by atoms with Gasteiger partial charge in [-0.3, -0.25) is 4.79 Å². The molecule has 1 heterocycles. The van der Waals surface area contributed by atoms with Crippen LogP contribution < -0.4 is 4.74 Å². The van der Waals surface area contributed by atoms with Crippen molar-refractivity contribution in [3.05, 3.63) is 70.3 Å². The Morgan fingerprint density at radius 3 is 2.23 bits per heavy atom. The first kappa shape index (κ1) is 29.3. The standard InChI is InChI=1S/C26H24ClF6NO4S/c1-16-3-5-17(6-4-16)18-13-23(35)34(39(36,37)20-8-9-20)24(15-18,26(31,32)33)21-10-7-19(14-22(21)27)38-12-2-11-25(28,29)30/h3-7,10,13-14,20H,2,8-9,11-12,15H2,1H3. The molecule has 0 radical (unpaired) electrons. The first-order valence-electron chi connectivity index (χ1n) is 12.0. The summed E-state index contributed by atoms with van der Waals surface area (Å²) in [5.41, 5.74) is -2.94. The number of carbonyl (C=O) groups excluding carboxylic acids is 1. The van der Waals surface area contributed by atoms with Gasteiger partial charge in [-0.25, -0.2) is 12.7 Å². The Labute approximate surface area is 226 Å². The molecule has 5 nitrogen and oxygen atoms in total. The third kappa shape index (κ3) is 5.91. The number of sulfonamides is 1. The van der Waals surface area contributed by atoms with Crippen LogP contribution in [-0.4, -0.2) is 42.8 Å². The van der Waals surface area contributed by atoms with Crippen molar-refractivity contribution in [3.8, 4) is 5.75 Å². The number of alkyl halides is 6. The molecule has 0 spiro atoms. The maximum Gasteiger partial charge on any atom is 0.417 e. The Kier molecular flexibility index (Phi) is 7.76. The fourth-order valence-corrected chi connectivity index (χ4v) is 6.92. The molecule has 1 amide bonds. The fourth-order valence-electron chi connectivity index (χ4n) is 4.56. The second kappa shape index (κ2) is 10.3.